The monoisotopic (exact) mass is 189 g/mol. The lowest BCUT2D eigenvalue weighted by Crippen LogP contribution is -1.91. The van der Waals surface area contributed by atoms with Crippen molar-refractivity contribution in [3.8, 4) is 11.3 Å². The highest BCUT2D eigenvalue weighted by molar-refractivity contribution is 5.63. The highest BCUT2D eigenvalue weighted by atomic mass is 19.1. The van der Waals surface area contributed by atoms with Gasteiger partial charge in [0.25, 0.3) is 0 Å². The number of hydrogen-bond donors (Lipinski definition) is 1. The van der Waals surface area contributed by atoms with Crippen LogP contribution in [0, 0.1) is 5.82 Å². The lowest BCUT2D eigenvalue weighted by molar-refractivity contribution is 0.631. The quantitative estimate of drug-likeness (QED) is 0.696. The van der Waals surface area contributed by atoms with Crippen LogP contribution in [0.1, 0.15) is 0 Å². The molecule has 0 spiro atoms. The molecule has 4 heteroatoms. The maximum atomic E-state index is 13.3. The Kier molecular flexibility index (Phi) is 2.10. The first-order valence-electron chi connectivity index (χ1n) is 4.09. The molecular formula is C10H8FN3. The van der Waals surface area contributed by atoms with E-state index in [-0.39, 0.29) is 5.82 Å². The van der Waals surface area contributed by atoms with Crippen molar-refractivity contribution < 1.29 is 4.39 Å². The molecule has 2 aromatic rings. The van der Waals surface area contributed by atoms with E-state index in [1.807, 2.05) is 0 Å². The van der Waals surface area contributed by atoms with Gasteiger partial charge in [0.2, 0.25) is 0 Å². The predicted molar refractivity (Wildman–Crippen MR) is 51.8 cm³/mol. The molecule has 0 aliphatic heterocycles. The minimum atomic E-state index is -0.347. The maximum absolute atomic E-state index is 13.3. The number of nitrogens with zero attached hydrogens (tertiary/aromatic N) is 2. The van der Waals surface area contributed by atoms with Gasteiger partial charge < -0.3 is 5.73 Å². The molecule has 14 heavy (non-hydrogen) atoms. The summed E-state index contributed by atoms with van der Waals surface area (Å²) in [7, 11) is 0. The predicted octanol–water partition coefficient (Wildman–Crippen LogP) is 1.86. The average molecular weight is 189 g/mol. The molecule has 0 amide bonds. The van der Waals surface area contributed by atoms with Gasteiger partial charge in [-0.2, -0.15) is 0 Å². The van der Waals surface area contributed by atoms with Crippen molar-refractivity contribution >= 4 is 5.69 Å². The van der Waals surface area contributed by atoms with Gasteiger partial charge in [0, 0.05) is 23.6 Å². The van der Waals surface area contributed by atoms with Gasteiger partial charge in [0.15, 0.2) is 0 Å². The third kappa shape index (κ3) is 1.54. The van der Waals surface area contributed by atoms with Gasteiger partial charge in [0.1, 0.15) is 5.82 Å². The van der Waals surface area contributed by atoms with Crippen LogP contribution in [0.4, 0.5) is 10.1 Å². The zero-order valence-corrected chi connectivity index (χ0v) is 7.31. The smallest absolute Gasteiger partial charge is 0.132 e. The number of hydrogen-bond acceptors (Lipinski definition) is 3. The van der Waals surface area contributed by atoms with Gasteiger partial charge in [-0.05, 0) is 18.2 Å². The Hall–Kier alpha value is -1.97. The molecule has 3 nitrogen and oxygen atoms in total. The summed E-state index contributed by atoms with van der Waals surface area (Å²) in [6.07, 6.45) is 4.55. The first-order chi connectivity index (χ1) is 6.77. The van der Waals surface area contributed by atoms with Crippen LogP contribution in [0.25, 0.3) is 11.3 Å². The minimum absolute atomic E-state index is 0.347. The van der Waals surface area contributed by atoms with E-state index in [9.17, 15) is 4.39 Å². The average Bonchev–Trinajstić information content (AvgIpc) is 2.23. The molecule has 0 saturated heterocycles. The molecule has 0 bridgehead atoms. The maximum Gasteiger partial charge on any atom is 0.132 e. The van der Waals surface area contributed by atoms with Crippen molar-refractivity contribution in [1.82, 2.24) is 9.97 Å². The van der Waals surface area contributed by atoms with Crippen molar-refractivity contribution in [2.24, 2.45) is 0 Å². The Morgan fingerprint density at radius 1 is 1.21 bits per heavy atom. The van der Waals surface area contributed by atoms with E-state index >= 15 is 0 Å². The lowest BCUT2D eigenvalue weighted by atomic mass is 10.1. The van der Waals surface area contributed by atoms with Crippen LogP contribution in [0.3, 0.4) is 0 Å². The molecule has 0 unspecified atom stereocenters. The zero-order chi connectivity index (χ0) is 9.97. The summed E-state index contributed by atoms with van der Waals surface area (Å²) < 4.78 is 13.3. The number of anilines is 1. The Morgan fingerprint density at radius 3 is 2.79 bits per heavy atom. The summed E-state index contributed by atoms with van der Waals surface area (Å²) in [6, 6.07) is 4.37. The van der Waals surface area contributed by atoms with Crippen molar-refractivity contribution in [2.45, 2.75) is 0 Å². The number of aromatic nitrogens is 2. The molecule has 70 valence electrons. The summed E-state index contributed by atoms with van der Waals surface area (Å²) in [5.74, 6) is -0.347. The van der Waals surface area contributed by atoms with Crippen molar-refractivity contribution in [3.63, 3.8) is 0 Å². The fourth-order valence-corrected chi connectivity index (χ4v) is 1.18. The van der Waals surface area contributed by atoms with E-state index in [4.69, 9.17) is 5.73 Å². The molecule has 2 N–H and O–H groups in total. The van der Waals surface area contributed by atoms with Crippen LogP contribution in [0.5, 0.6) is 0 Å². The van der Waals surface area contributed by atoms with E-state index < -0.39 is 0 Å². The first-order valence-corrected chi connectivity index (χ1v) is 4.09. The second-order valence-corrected chi connectivity index (χ2v) is 2.83. The number of benzene rings is 1. The molecule has 1 aromatic heterocycles. The second kappa shape index (κ2) is 3.41. The summed E-state index contributed by atoms with van der Waals surface area (Å²) in [6.45, 7) is 0. The molecule has 0 aliphatic carbocycles. The van der Waals surface area contributed by atoms with E-state index in [0.717, 1.165) is 0 Å². The summed E-state index contributed by atoms with van der Waals surface area (Å²) >= 11 is 0. The Labute approximate surface area is 80.4 Å². The molecule has 2 rings (SSSR count). The molecule has 0 atom stereocenters. The van der Waals surface area contributed by atoms with Crippen LogP contribution in [0.2, 0.25) is 0 Å². The normalized spacial score (nSPS) is 10.1. The van der Waals surface area contributed by atoms with E-state index in [2.05, 4.69) is 9.97 Å². The van der Waals surface area contributed by atoms with Crippen LogP contribution in [-0.2, 0) is 0 Å². The van der Waals surface area contributed by atoms with Crippen molar-refractivity contribution in [2.75, 3.05) is 5.73 Å². The summed E-state index contributed by atoms with van der Waals surface area (Å²) in [4.78, 5) is 7.85. The number of nitrogens with two attached hydrogens (primary N) is 1. The Bertz CT molecular complexity index is 442. The molecule has 0 radical (unpaired) electrons. The Morgan fingerprint density at radius 2 is 2.07 bits per heavy atom. The van der Waals surface area contributed by atoms with Gasteiger partial charge in [0.05, 0.1) is 11.9 Å². The van der Waals surface area contributed by atoms with E-state index in [1.165, 1.54) is 30.7 Å². The largest absolute Gasteiger partial charge is 0.399 e. The highest BCUT2D eigenvalue weighted by Gasteiger charge is 2.05. The van der Waals surface area contributed by atoms with Crippen LogP contribution in [0.15, 0.2) is 36.8 Å². The lowest BCUT2D eigenvalue weighted by Gasteiger charge is -2.02. The first kappa shape index (κ1) is 8.62. The SMILES string of the molecule is Nc1ccc(F)c(-c2cnccn2)c1. The molecule has 0 fully saturated rings. The van der Waals surface area contributed by atoms with Gasteiger partial charge in [-0.25, -0.2) is 4.39 Å². The van der Waals surface area contributed by atoms with Gasteiger partial charge >= 0.3 is 0 Å². The van der Waals surface area contributed by atoms with Gasteiger partial charge in [-0.1, -0.05) is 0 Å². The van der Waals surface area contributed by atoms with E-state index in [1.54, 1.807) is 6.07 Å². The van der Waals surface area contributed by atoms with Crippen molar-refractivity contribution in [3.05, 3.63) is 42.6 Å². The third-order valence-corrected chi connectivity index (χ3v) is 1.83. The number of rotatable bonds is 1. The third-order valence-electron chi connectivity index (χ3n) is 1.83. The highest BCUT2D eigenvalue weighted by Crippen LogP contribution is 2.21. The van der Waals surface area contributed by atoms with Gasteiger partial charge in [-0.15, -0.1) is 0 Å². The van der Waals surface area contributed by atoms with Crippen molar-refractivity contribution in [1.29, 1.82) is 0 Å². The van der Waals surface area contributed by atoms with Crippen LogP contribution in [-0.4, -0.2) is 9.97 Å². The standard InChI is InChI=1S/C10H8FN3/c11-9-2-1-7(12)5-8(9)10-6-13-3-4-14-10/h1-6H,12H2. The van der Waals surface area contributed by atoms with Crippen LogP contribution < -0.4 is 5.73 Å². The zero-order valence-electron chi connectivity index (χ0n) is 7.31. The van der Waals surface area contributed by atoms with Gasteiger partial charge in [-0.3, -0.25) is 9.97 Å². The minimum Gasteiger partial charge on any atom is -0.399 e. The number of halogens is 1. The summed E-state index contributed by atoms with van der Waals surface area (Å²) in [5.41, 5.74) is 6.91. The molecule has 1 heterocycles. The Balaban J connectivity index is 2.57. The fraction of sp³-hybridized carbons (Fsp3) is 0. The fourth-order valence-electron chi connectivity index (χ4n) is 1.18. The van der Waals surface area contributed by atoms with E-state index in [0.29, 0.717) is 16.9 Å². The molecule has 0 saturated carbocycles. The topological polar surface area (TPSA) is 51.8 Å². The van der Waals surface area contributed by atoms with Crippen LogP contribution >= 0.6 is 0 Å². The molecule has 1 aromatic carbocycles. The second-order valence-electron chi connectivity index (χ2n) is 2.83. The summed E-state index contributed by atoms with van der Waals surface area (Å²) in [5, 5.41) is 0. The number of nitrogen functional groups attached to an aromatic ring is 1. The molecule has 0 aliphatic rings. The molecular weight excluding hydrogens is 181 g/mol.